The summed E-state index contributed by atoms with van der Waals surface area (Å²) >= 11 is 0. The SMILES string of the molecule is COc1ccc(C(=NNC(=O)c2ccc(-c3ccccc3)o2)c2ccc(OC)cc2)cc1. The molecule has 0 spiro atoms. The van der Waals surface area contributed by atoms with Gasteiger partial charge in [-0.25, -0.2) is 5.43 Å². The number of hydrogen-bond acceptors (Lipinski definition) is 5. The van der Waals surface area contributed by atoms with Crippen LogP contribution in [0.1, 0.15) is 21.7 Å². The van der Waals surface area contributed by atoms with Gasteiger partial charge in [-0.3, -0.25) is 4.79 Å². The van der Waals surface area contributed by atoms with E-state index in [9.17, 15) is 4.79 Å². The largest absolute Gasteiger partial charge is 0.497 e. The lowest BCUT2D eigenvalue weighted by Gasteiger charge is -2.09. The number of hydrogen-bond donors (Lipinski definition) is 1. The second-order valence-electron chi connectivity index (χ2n) is 6.89. The molecule has 1 amide bonds. The highest BCUT2D eigenvalue weighted by Gasteiger charge is 2.14. The van der Waals surface area contributed by atoms with E-state index in [1.807, 2.05) is 78.9 Å². The number of benzene rings is 3. The molecular formula is C26H22N2O4. The van der Waals surface area contributed by atoms with Crippen LogP contribution in [0.3, 0.4) is 0 Å². The van der Waals surface area contributed by atoms with Crippen LogP contribution in [-0.4, -0.2) is 25.8 Å². The molecule has 0 bridgehead atoms. The molecule has 1 heterocycles. The van der Waals surface area contributed by atoms with Crippen molar-refractivity contribution in [3.8, 4) is 22.8 Å². The summed E-state index contributed by atoms with van der Waals surface area (Å²) in [5.41, 5.74) is 5.74. The van der Waals surface area contributed by atoms with Gasteiger partial charge in [-0.2, -0.15) is 5.10 Å². The Hall–Kier alpha value is -4.32. The molecule has 6 nitrogen and oxygen atoms in total. The molecule has 4 aromatic rings. The third kappa shape index (κ3) is 4.70. The lowest BCUT2D eigenvalue weighted by Crippen LogP contribution is -2.20. The van der Waals surface area contributed by atoms with Gasteiger partial charge in [0.05, 0.1) is 19.9 Å². The molecule has 0 saturated carbocycles. The highest BCUT2D eigenvalue weighted by Crippen LogP contribution is 2.22. The second kappa shape index (κ2) is 9.66. The highest BCUT2D eigenvalue weighted by atomic mass is 16.5. The number of nitrogens with one attached hydrogen (secondary N) is 1. The molecule has 0 atom stereocenters. The van der Waals surface area contributed by atoms with E-state index in [0.29, 0.717) is 11.5 Å². The Morgan fingerprint density at radius 3 is 1.84 bits per heavy atom. The average Bonchev–Trinajstić information content (AvgIpc) is 3.36. The monoisotopic (exact) mass is 426 g/mol. The summed E-state index contributed by atoms with van der Waals surface area (Å²) < 4.78 is 16.2. The van der Waals surface area contributed by atoms with E-state index in [1.54, 1.807) is 26.4 Å². The van der Waals surface area contributed by atoms with Crippen molar-refractivity contribution in [2.75, 3.05) is 14.2 Å². The molecular weight excluding hydrogens is 404 g/mol. The van der Waals surface area contributed by atoms with Gasteiger partial charge in [0.2, 0.25) is 0 Å². The molecule has 160 valence electrons. The van der Waals surface area contributed by atoms with Gasteiger partial charge in [0.15, 0.2) is 5.76 Å². The summed E-state index contributed by atoms with van der Waals surface area (Å²) in [6.07, 6.45) is 0. The van der Waals surface area contributed by atoms with Gasteiger partial charge < -0.3 is 13.9 Å². The van der Waals surface area contributed by atoms with Crippen LogP contribution in [0.2, 0.25) is 0 Å². The first-order valence-corrected chi connectivity index (χ1v) is 10.00. The zero-order valence-electron chi connectivity index (χ0n) is 17.7. The van der Waals surface area contributed by atoms with E-state index in [1.165, 1.54) is 0 Å². The first-order valence-electron chi connectivity index (χ1n) is 10.00. The zero-order chi connectivity index (χ0) is 22.3. The van der Waals surface area contributed by atoms with Gasteiger partial charge in [0.25, 0.3) is 0 Å². The number of amides is 1. The summed E-state index contributed by atoms with van der Waals surface area (Å²) in [6.45, 7) is 0. The Balaban J connectivity index is 1.61. The number of carbonyl (C=O) groups is 1. The minimum Gasteiger partial charge on any atom is -0.497 e. The van der Waals surface area contributed by atoms with Crippen LogP contribution in [0.25, 0.3) is 11.3 Å². The summed E-state index contributed by atoms with van der Waals surface area (Å²) in [5, 5.41) is 4.41. The Morgan fingerprint density at radius 2 is 1.31 bits per heavy atom. The number of nitrogens with zero attached hydrogens (tertiary/aromatic N) is 1. The van der Waals surface area contributed by atoms with Crippen LogP contribution < -0.4 is 14.9 Å². The number of carbonyl (C=O) groups excluding carboxylic acids is 1. The van der Waals surface area contributed by atoms with Crippen molar-refractivity contribution in [1.82, 2.24) is 5.43 Å². The Morgan fingerprint density at radius 1 is 0.750 bits per heavy atom. The maximum absolute atomic E-state index is 12.7. The minimum atomic E-state index is -0.438. The van der Waals surface area contributed by atoms with Crippen LogP contribution in [-0.2, 0) is 0 Å². The molecule has 32 heavy (non-hydrogen) atoms. The van der Waals surface area contributed by atoms with Crippen molar-refractivity contribution in [1.29, 1.82) is 0 Å². The molecule has 0 aliphatic rings. The normalized spacial score (nSPS) is 10.3. The summed E-state index contributed by atoms with van der Waals surface area (Å²) in [4.78, 5) is 12.7. The van der Waals surface area contributed by atoms with Crippen molar-refractivity contribution in [2.45, 2.75) is 0 Å². The van der Waals surface area contributed by atoms with Crippen LogP contribution in [0.15, 0.2) is 101 Å². The van der Waals surface area contributed by atoms with Gasteiger partial charge in [0.1, 0.15) is 17.3 Å². The number of ether oxygens (including phenoxy) is 2. The van der Waals surface area contributed by atoms with E-state index in [0.717, 1.165) is 28.2 Å². The fourth-order valence-electron chi connectivity index (χ4n) is 3.17. The van der Waals surface area contributed by atoms with Crippen LogP contribution >= 0.6 is 0 Å². The standard InChI is InChI=1S/C26H22N2O4/c1-30-21-12-8-19(9-13-21)25(20-10-14-22(31-2)15-11-20)27-28-26(29)24-17-16-23(32-24)18-6-4-3-5-7-18/h3-17H,1-2H3,(H,28,29). The van der Waals surface area contributed by atoms with Crippen LogP contribution in [0.4, 0.5) is 0 Å². The molecule has 0 saturated heterocycles. The van der Waals surface area contributed by atoms with Crippen LogP contribution in [0, 0.1) is 0 Å². The van der Waals surface area contributed by atoms with E-state index >= 15 is 0 Å². The molecule has 0 fully saturated rings. The van der Waals surface area contributed by atoms with Gasteiger partial charge >= 0.3 is 5.91 Å². The lowest BCUT2D eigenvalue weighted by molar-refractivity contribution is 0.0928. The molecule has 3 aromatic carbocycles. The molecule has 0 aliphatic carbocycles. The summed E-state index contributed by atoms with van der Waals surface area (Å²) in [5.74, 6) is 1.82. The number of furan rings is 1. The average molecular weight is 426 g/mol. The van der Waals surface area contributed by atoms with Crippen molar-refractivity contribution in [3.63, 3.8) is 0 Å². The highest BCUT2D eigenvalue weighted by molar-refractivity contribution is 6.13. The predicted octanol–water partition coefficient (Wildman–Crippen LogP) is 5.15. The van der Waals surface area contributed by atoms with Crippen molar-refractivity contribution in [3.05, 3.63) is 108 Å². The molecule has 4 rings (SSSR count). The summed E-state index contributed by atoms with van der Waals surface area (Å²) in [7, 11) is 3.22. The quantitative estimate of drug-likeness (QED) is 0.328. The molecule has 6 heteroatoms. The van der Waals surface area contributed by atoms with Gasteiger partial charge in [0, 0.05) is 16.7 Å². The van der Waals surface area contributed by atoms with Gasteiger partial charge in [-0.1, -0.05) is 30.3 Å². The number of hydrazone groups is 1. The Kier molecular flexibility index (Phi) is 6.32. The van der Waals surface area contributed by atoms with Crippen LogP contribution in [0.5, 0.6) is 11.5 Å². The van der Waals surface area contributed by atoms with Gasteiger partial charge in [-0.05, 0) is 60.7 Å². The Labute approximate surface area is 186 Å². The molecule has 0 unspecified atom stereocenters. The third-order valence-electron chi connectivity index (χ3n) is 4.88. The van der Waals surface area contributed by atoms with Crippen molar-refractivity contribution >= 4 is 11.6 Å². The van der Waals surface area contributed by atoms with E-state index in [4.69, 9.17) is 13.9 Å². The first-order chi connectivity index (χ1) is 15.7. The van der Waals surface area contributed by atoms with Crippen molar-refractivity contribution in [2.24, 2.45) is 5.10 Å². The van der Waals surface area contributed by atoms with E-state index in [-0.39, 0.29) is 5.76 Å². The molecule has 1 N–H and O–H groups in total. The molecule has 0 radical (unpaired) electrons. The predicted molar refractivity (Wildman–Crippen MR) is 123 cm³/mol. The Bertz CT molecular complexity index is 1160. The maximum Gasteiger partial charge on any atom is 0.307 e. The smallest absolute Gasteiger partial charge is 0.307 e. The lowest BCUT2D eigenvalue weighted by atomic mass is 10.0. The first kappa shape index (κ1) is 20.9. The third-order valence-corrected chi connectivity index (χ3v) is 4.88. The topological polar surface area (TPSA) is 73.1 Å². The maximum atomic E-state index is 12.7. The summed E-state index contributed by atoms with van der Waals surface area (Å²) in [6, 6.07) is 27.9. The number of rotatable bonds is 7. The minimum absolute atomic E-state index is 0.177. The fraction of sp³-hybridized carbons (Fsp3) is 0.0769. The fourth-order valence-corrected chi connectivity index (χ4v) is 3.17. The van der Waals surface area contributed by atoms with Crippen molar-refractivity contribution < 1.29 is 18.7 Å². The van der Waals surface area contributed by atoms with Gasteiger partial charge in [-0.15, -0.1) is 0 Å². The number of methoxy groups -OCH3 is 2. The molecule has 0 aliphatic heterocycles. The second-order valence-corrected chi connectivity index (χ2v) is 6.89. The van der Waals surface area contributed by atoms with E-state index in [2.05, 4.69) is 10.5 Å². The molecule has 1 aromatic heterocycles. The van der Waals surface area contributed by atoms with E-state index < -0.39 is 5.91 Å². The zero-order valence-corrected chi connectivity index (χ0v) is 17.7.